The van der Waals surface area contributed by atoms with Crippen molar-refractivity contribution in [2.75, 3.05) is 27.2 Å². The average Bonchev–Trinajstić information content (AvgIpc) is 2.74. The molecule has 2 fully saturated rings. The molecule has 0 spiro atoms. The van der Waals surface area contributed by atoms with Crippen LogP contribution in [0.4, 0.5) is 0 Å². The van der Waals surface area contributed by atoms with Crippen molar-refractivity contribution in [2.24, 2.45) is 23.5 Å². The summed E-state index contributed by atoms with van der Waals surface area (Å²) in [6.45, 7) is 6.17. The molecular weight excluding hydrogens is 238 g/mol. The Bertz CT molecular complexity index is 331. The number of nitrogens with zero attached hydrogens (tertiary/aromatic N) is 2. The molecule has 0 bridgehead atoms. The third-order valence-corrected chi connectivity index (χ3v) is 5.16. The summed E-state index contributed by atoms with van der Waals surface area (Å²) in [5, 5.41) is 0. The molecule has 1 saturated carbocycles. The van der Waals surface area contributed by atoms with E-state index >= 15 is 0 Å². The largest absolute Gasteiger partial charge is 0.340 e. The average molecular weight is 267 g/mol. The zero-order valence-corrected chi connectivity index (χ0v) is 12.8. The van der Waals surface area contributed by atoms with Crippen molar-refractivity contribution in [3.63, 3.8) is 0 Å². The van der Waals surface area contributed by atoms with Gasteiger partial charge in [0.05, 0.1) is 5.92 Å². The Hall–Kier alpha value is -0.610. The number of nitrogens with two attached hydrogens (primary N) is 1. The van der Waals surface area contributed by atoms with Crippen molar-refractivity contribution >= 4 is 5.91 Å². The van der Waals surface area contributed by atoms with Gasteiger partial charge >= 0.3 is 0 Å². The summed E-state index contributed by atoms with van der Waals surface area (Å²) in [7, 11) is 4.20. The lowest BCUT2D eigenvalue weighted by Crippen LogP contribution is -2.48. The molecule has 0 aromatic heterocycles. The molecule has 2 rings (SSSR count). The van der Waals surface area contributed by atoms with Crippen LogP contribution in [0.3, 0.4) is 0 Å². The molecule has 4 nitrogen and oxygen atoms in total. The monoisotopic (exact) mass is 267 g/mol. The fourth-order valence-electron chi connectivity index (χ4n) is 3.77. The van der Waals surface area contributed by atoms with Gasteiger partial charge in [0.1, 0.15) is 0 Å². The van der Waals surface area contributed by atoms with Crippen LogP contribution in [-0.4, -0.2) is 55.0 Å². The van der Waals surface area contributed by atoms with Crippen LogP contribution in [0, 0.1) is 17.8 Å². The Morgan fingerprint density at radius 2 is 1.84 bits per heavy atom. The van der Waals surface area contributed by atoms with E-state index in [1.165, 1.54) is 6.42 Å². The predicted octanol–water partition coefficient (Wildman–Crippen LogP) is 1.16. The van der Waals surface area contributed by atoms with Crippen LogP contribution in [-0.2, 0) is 4.79 Å². The lowest BCUT2D eigenvalue weighted by atomic mass is 9.77. The zero-order chi connectivity index (χ0) is 14.2. The van der Waals surface area contributed by atoms with Gasteiger partial charge in [0.2, 0.25) is 5.91 Å². The van der Waals surface area contributed by atoms with Gasteiger partial charge in [-0.2, -0.15) is 0 Å². The molecule has 2 N–H and O–H groups in total. The van der Waals surface area contributed by atoms with Crippen LogP contribution in [0.25, 0.3) is 0 Å². The summed E-state index contributed by atoms with van der Waals surface area (Å²) in [6.07, 6.45) is 3.29. The third kappa shape index (κ3) is 2.95. The molecule has 5 unspecified atom stereocenters. The van der Waals surface area contributed by atoms with Gasteiger partial charge < -0.3 is 15.5 Å². The Morgan fingerprint density at radius 3 is 2.42 bits per heavy atom. The van der Waals surface area contributed by atoms with E-state index in [-0.39, 0.29) is 12.0 Å². The van der Waals surface area contributed by atoms with E-state index in [1.54, 1.807) is 0 Å². The number of amides is 1. The Balaban J connectivity index is 2.01. The number of likely N-dealkylation sites (tertiary alicyclic amines) is 1. The van der Waals surface area contributed by atoms with Gasteiger partial charge in [-0.1, -0.05) is 20.3 Å². The number of hydrogen-bond donors (Lipinski definition) is 1. The van der Waals surface area contributed by atoms with Crippen molar-refractivity contribution < 1.29 is 4.79 Å². The van der Waals surface area contributed by atoms with Crippen molar-refractivity contribution in [3.8, 4) is 0 Å². The van der Waals surface area contributed by atoms with Gasteiger partial charge in [-0.25, -0.2) is 0 Å². The highest BCUT2D eigenvalue weighted by Crippen LogP contribution is 2.31. The fourth-order valence-corrected chi connectivity index (χ4v) is 3.77. The first kappa shape index (κ1) is 14.8. The minimum atomic E-state index is 0.0509. The van der Waals surface area contributed by atoms with Crippen LogP contribution >= 0.6 is 0 Å². The Labute approximate surface area is 117 Å². The van der Waals surface area contributed by atoms with Crippen LogP contribution in [0.1, 0.15) is 33.1 Å². The summed E-state index contributed by atoms with van der Waals surface area (Å²) in [4.78, 5) is 17.0. The molecule has 1 saturated heterocycles. The second-order valence-electron chi connectivity index (χ2n) is 6.84. The third-order valence-electron chi connectivity index (χ3n) is 5.16. The van der Waals surface area contributed by atoms with E-state index in [0.29, 0.717) is 23.8 Å². The van der Waals surface area contributed by atoms with Crippen LogP contribution in [0.2, 0.25) is 0 Å². The molecule has 0 aromatic rings. The fraction of sp³-hybridized carbons (Fsp3) is 0.933. The first-order valence-electron chi connectivity index (χ1n) is 7.62. The van der Waals surface area contributed by atoms with Gasteiger partial charge in [0.25, 0.3) is 0 Å². The van der Waals surface area contributed by atoms with E-state index in [9.17, 15) is 4.79 Å². The van der Waals surface area contributed by atoms with Gasteiger partial charge in [-0.05, 0) is 38.8 Å². The van der Waals surface area contributed by atoms with Crippen LogP contribution < -0.4 is 5.73 Å². The SMILES string of the molecule is CC1CCCC(C(=O)N2CC(C)C(N(C)C)C2)C1N. The molecule has 5 atom stereocenters. The first-order valence-corrected chi connectivity index (χ1v) is 7.62. The highest BCUT2D eigenvalue weighted by atomic mass is 16.2. The van der Waals surface area contributed by atoms with Crippen molar-refractivity contribution in [1.82, 2.24) is 9.80 Å². The quantitative estimate of drug-likeness (QED) is 0.817. The number of hydrogen-bond acceptors (Lipinski definition) is 3. The zero-order valence-electron chi connectivity index (χ0n) is 12.8. The van der Waals surface area contributed by atoms with Crippen molar-refractivity contribution in [1.29, 1.82) is 0 Å². The van der Waals surface area contributed by atoms with Crippen molar-refractivity contribution in [3.05, 3.63) is 0 Å². The van der Waals surface area contributed by atoms with Crippen LogP contribution in [0.5, 0.6) is 0 Å². The molecule has 0 aromatic carbocycles. The molecule has 1 amide bonds. The minimum absolute atomic E-state index is 0.0509. The molecular formula is C15H29N3O. The highest BCUT2D eigenvalue weighted by molar-refractivity contribution is 5.80. The number of likely N-dealkylation sites (N-methyl/N-ethyl adjacent to an activating group) is 1. The van der Waals surface area contributed by atoms with Crippen molar-refractivity contribution in [2.45, 2.75) is 45.2 Å². The topological polar surface area (TPSA) is 49.6 Å². The summed E-state index contributed by atoms with van der Waals surface area (Å²) < 4.78 is 0. The maximum absolute atomic E-state index is 12.7. The molecule has 2 aliphatic rings. The molecule has 1 aliphatic heterocycles. The van der Waals surface area contributed by atoms with Gasteiger partial charge in [-0.3, -0.25) is 4.79 Å². The molecule has 19 heavy (non-hydrogen) atoms. The van der Waals surface area contributed by atoms with Crippen LogP contribution in [0.15, 0.2) is 0 Å². The molecule has 0 radical (unpaired) electrons. The van der Waals surface area contributed by atoms with E-state index in [4.69, 9.17) is 5.73 Å². The maximum atomic E-state index is 12.7. The van der Waals surface area contributed by atoms with Gasteiger partial charge in [0, 0.05) is 25.2 Å². The van der Waals surface area contributed by atoms with E-state index in [1.807, 2.05) is 0 Å². The van der Waals surface area contributed by atoms with E-state index in [0.717, 1.165) is 25.9 Å². The normalized spacial score (nSPS) is 39.9. The number of carbonyl (C=O) groups excluding carboxylic acids is 1. The lowest BCUT2D eigenvalue weighted by Gasteiger charge is -2.35. The summed E-state index contributed by atoms with van der Waals surface area (Å²) in [6, 6.07) is 0.538. The molecule has 110 valence electrons. The molecule has 1 aliphatic carbocycles. The number of rotatable bonds is 2. The summed E-state index contributed by atoms with van der Waals surface area (Å²) >= 11 is 0. The lowest BCUT2D eigenvalue weighted by molar-refractivity contribution is -0.136. The summed E-state index contributed by atoms with van der Waals surface area (Å²) in [5.74, 6) is 1.38. The predicted molar refractivity (Wildman–Crippen MR) is 77.7 cm³/mol. The Kier molecular flexibility index (Phi) is 4.51. The highest BCUT2D eigenvalue weighted by Gasteiger charge is 2.40. The standard InChI is InChI=1S/C15H29N3O/c1-10-6-5-7-12(14(10)16)15(19)18-8-11(2)13(9-18)17(3)4/h10-14H,5-9,16H2,1-4H3. The summed E-state index contributed by atoms with van der Waals surface area (Å²) in [5.41, 5.74) is 6.26. The second-order valence-corrected chi connectivity index (χ2v) is 6.84. The molecule has 4 heteroatoms. The maximum Gasteiger partial charge on any atom is 0.227 e. The first-order chi connectivity index (χ1) is 8.91. The smallest absolute Gasteiger partial charge is 0.227 e. The Morgan fingerprint density at radius 1 is 1.16 bits per heavy atom. The minimum Gasteiger partial charge on any atom is -0.340 e. The van der Waals surface area contributed by atoms with Gasteiger partial charge in [-0.15, -0.1) is 0 Å². The second kappa shape index (κ2) is 5.80. The number of carbonyl (C=O) groups is 1. The van der Waals surface area contributed by atoms with Gasteiger partial charge in [0.15, 0.2) is 0 Å². The molecule has 1 heterocycles. The van der Waals surface area contributed by atoms with E-state index in [2.05, 4.69) is 37.7 Å². The van der Waals surface area contributed by atoms with E-state index < -0.39 is 0 Å².